The molecule has 0 atom stereocenters. The van der Waals surface area contributed by atoms with E-state index in [0.717, 1.165) is 44.7 Å². The fraction of sp³-hybridized carbons (Fsp3) is 0.238. The Hall–Kier alpha value is -6.20. The monoisotopic (exact) mass is 906 g/mol. The zero-order valence-corrected chi connectivity index (χ0v) is 40.9. The summed E-state index contributed by atoms with van der Waals surface area (Å²) in [6, 6.07) is 58.9. The molecule has 10 aromatic rings. The average molecular weight is 907 g/mol. The molecule has 0 amide bonds. The highest BCUT2D eigenvalue weighted by Crippen LogP contribution is 2.56. The number of aryl methyl sites for hydroxylation is 2. The number of benzene rings is 7. The molecule has 4 heteroatoms. The van der Waals surface area contributed by atoms with E-state index < -0.39 is 0 Å². The summed E-state index contributed by atoms with van der Waals surface area (Å²) in [7, 11) is 0. The minimum absolute atomic E-state index is 0.0375. The van der Waals surface area contributed by atoms with E-state index in [4.69, 9.17) is 9.97 Å². The van der Waals surface area contributed by atoms with Crippen LogP contribution in [-0.4, -0.2) is 9.97 Å². The molecule has 0 saturated heterocycles. The van der Waals surface area contributed by atoms with Gasteiger partial charge in [-0.05, 0) is 106 Å². The van der Waals surface area contributed by atoms with Crippen molar-refractivity contribution in [3.05, 3.63) is 179 Å². The topological polar surface area (TPSA) is 25.8 Å². The van der Waals surface area contributed by atoms with Gasteiger partial charge in [0, 0.05) is 47.2 Å². The van der Waals surface area contributed by atoms with Crippen molar-refractivity contribution in [1.82, 2.24) is 9.97 Å². The molecule has 1 aliphatic rings. The first-order valence-electron chi connectivity index (χ1n) is 24.7. The first kappa shape index (κ1) is 43.4. The van der Waals surface area contributed by atoms with Gasteiger partial charge in [-0.15, -0.1) is 22.7 Å². The van der Waals surface area contributed by atoms with E-state index in [1.165, 1.54) is 128 Å². The molecule has 0 saturated carbocycles. The Balaban J connectivity index is 1.09. The molecule has 3 aromatic heterocycles. The molecule has 67 heavy (non-hydrogen) atoms. The summed E-state index contributed by atoms with van der Waals surface area (Å²) in [5.41, 5.74) is 16.8. The van der Waals surface area contributed by atoms with E-state index in [-0.39, 0.29) is 5.41 Å². The van der Waals surface area contributed by atoms with Crippen LogP contribution in [0.1, 0.15) is 99.6 Å². The van der Waals surface area contributed by atoms with E-state index in [2.05, 4.69) is 185 Å². The second kappa shape index (κ2) is 18.5. The van der Waals surface area contributed by atoms with Crippen LogP contribution in [0.4, 0.5) is 0 Å². The third-order valence-electron chi connectivity index (χ3n) is 14.5. The van der Waals surface area contributed by atoms with E-state index in [0.29, 0.717) is 0 Å². The highest BCUT2D eigenvalue weighted by atomic mass is 32.1. The molecule has 2 nitrogen and oxygen atoms in total. The molecule has 0 spiro atoms. The standard InChI is InChI=1S/C63H58N2S2/c1-5-7-9-15-37-63(38-16-10-8-6-2)54-39-41(3)27-30-48(54)49-31-29-45(40-55(49)63)56-35-36-58(67-56)53-33-32-52(57-34-28-42(4)66-57)61-62(53)65-60(51-26-18-22-44-20-12-14-24-47(44)51)59(64-61)50-25-17-21-43-19-11-13-23-46(43)50/h11-14,17-36,39-40H,5-10,15-16,37-38H2,1-4H3. The van der Waals surface area contributed by atoms with Crippen LogP contribution in [0.3, 0.4) is 0 Å². The van der Waals surface area contributed by atoms with Gasteiger partial charge in [0.25, 0.3) is 0 Å². The molecular weight excluding hydrogens is 849 g/mol. The number of hydrogen-bond acceptors (Lipinski definition) is 4. The van der Waals surface area contributed by atoms with Crippen LogP contribution < -0.4 is 0 Å². The van der Waals surface area contributed by atoms with Gasteiger partial charge in [-0.25, -0.2) is 9.97 Å². The molecule has 3 heterocycles. The van der Waals surface area contributed by atoms with Crippen LogP contribution >= 0.6 is 22.7 Å². The minimum atomic E-state index is 0.0375. The van der Waals surface area contributed by atoms with Crippen LogP contribution in [0, 0.1) is 13.8 Å². The summed E-state index contributed by atoms with van der Waals surface area (Å²) in [4.78, 5) is 16.7. The second-order valence-electron chi connectivity index (χ2n) is 18.9. The molecule has 332 valence electrons. The van der Waals surface area contributed by atoms with Gasteiger partial charge < -0.3 is 0 Å². The predicted molar refractivity (Wildman–Crippen MR) is 291 cm³/mol. The zero-order chi connectivity index (χ0) is 45.5. The lowest BCUT2D eigenvalue weighted by molar-refractivity contribution is 0.401. The van der Waals surface area contributed by atoms with E-state index in [1.807, 2.05) is 22.7 Å². The lowest BCUT2D eigenvalue weighted by Crippen LogP contribution is -2.25. The van der Waals surface area contributed by atoms with Crippen molar-refractivity contribution in [1.29, 1.82) is 0 Å². The Morgan fingerprint density at radius 2 is 0.925 bits per heavy atom. The normalized spacial score (nSPS) is 12.9. The molecule has 0 bridgehead atoms. The smallest absolute Gasteiger partial charge is 0.0988 e. The van der Waals surface area contributed by atoms with Crippen molar-refractivity contribution in [3.63, 3.8) is 0 Å². The Bertz CT molecular complexity index is 3420. The Labute approximate surface area is 404 Å². The Morgan fingerprint density at radius 1 is 0.418 bits per heavy atom. The fourth-order valence-corrected chi connectivity index (χ4v) is 13.0. The first-order chi connectivity index (χ1) is 32.9. The third kappa shape index (κ3) is 7.92. The Morgan fingerprint density at radius 3 is 1.51 bits per heavy atom. The minimum Gasteiger partial charge on any atom is -0.243 e. The number of nitrogens with zero attached hydrogens (tertiary/aromatic N) is 2. The molecule has 11 rings (SSSR count). The van der Waals surface area contributed by atoms with Gasteiger partial charge in [0.15, 0.2) is 0 Å². The predicted octanol–water partition coefficient (Wildman–Crippen LogP) is 19.2. The van der Waals surface area contributed by atoms with Gasteiger partial charge in [0.2, 0.25) is 0 Å². The SMILES string of the molecule is CCCCCCC1(CCCCCC)c2cc(C)ccc2-c2ccc(-c3ccc(-c4ccc(-c5ccc(C)s5)c5nc(-c6cccc7ccccc67)c(-c6cccc7ccccc67)nc45)s3)cc21. The maximum absolute atomic E-state index is 5.86. The summed E-state index contributed by atoms with van der Waals surface area (Å²) in [5, 5.41) is 4.72. The quantitative estimate of drug-likeness (QED) is 0.0958. The van der Waals surface area contributed by atoms with Gasteiger partial charge >= 0.3 is 0 Å². The lowest BCUT2D eigenvalue weighted by Gasteiger charge is -2.33. The van der Waals surface area contributed by atoms with Crippen LogP contribution in [0.25, 0.3) is 97.5 Å². The van der Waals surface area contributed by atoms with Crippen LogP contribution in [0.5, 0.6) is 0 Å². The first-order valence-corrected chi connectivity index (χ1v) is 26.3. The molecule has 1 aliphatic carbocycles. The molecule has 0 fully saturated rings. The zero-order valence-electron chi connectivity index (χ0n) is 39.3. The molecular formula is C63H58N2S2. The lowest BCUT2D eigenvalue weighted by atomic mass is 9.70. The van der Waals surface area contributed by atoms with Crippen molar-refractivity contribution < 1.29 is 0 Å². The Kier molecular flexibility index (Phi) is 12.0. The van der Waals surface area contributed by atoms with Crippen molar-refractivity contribution in [2.24, 2.45) is 0 Å². The van der Waals surface area contributed by atoms with Crippen molar-refractivity contribution in [3.8, 4) is 65.0 Å². The molecule has 0 aliphatic heterocycles. The fourth-order valence-electron chi connectivity index (χ4n) is 11.1. The maximum atomic E-state index is 5.86. The van der Waals surface area contributed by atoms with Gasteiger partial charge in [-0.3, -0.25) is 0 Å². The molecule has 0 N–H and O–H groups in total. The largest absolute Gasteiger partial charge is 0.243 e. The van der Waals surface area contributed by atoms with Crippen molar-refractivity contribution in [2.45, 2.75) is 97.3 Å². The molecule has 0 radical (unpaired) electrons. The van der Waals surface area contributed by atoms with Crippen molar-refractivity contribution in [2.75, 3.05) is 0 Å². The van der Waals surface area contributed by atoms with Gasteiger partial charge in [0.05, 0.1) is 22.4 Å². The summed E-state index contributed by atoms with van der Waals surface area (Å²) >= 11 is 3.70. The summed E-state index contributed by atoms with van der Waals surface area (Å²) in [5.74, 6) is 0. The van der Waals surface area contributed by atoms with Gasteiger partial charge in [-0.2, -0.15) is 0 Å². The van der Waals surface area contributed by atoms with E-state index in [9.17, 15) is 0 Å². The number of fused-ring (bicyclic) bond motifs is 6. The highest BCUT2D eigenvalue weighted by Gasteiger charge is 2.42. The second-order valence-corrected chi connectivity index (χ2v) is 21.3. The van der Waals surface area contributed by atoms with Crippen LogP contribution in [0.15, 0.2) is 158 Å². The summed E-state index contributed by atoms with van der Waals surface area (Å²) < 4.78 is 0. The summed E-state index contributed by atoms with van der Waals surface area (Å²) in [6.07, 6.45) is 12.7. The van der Waals surface area contributed by atoms with E-state index in [1.54, 1.807) is 11.1 Å². The van der Waals surface area contributed by atoms with Gasteiger partial charge in [-0.1, -0.05) is 198 Å². The summed E-state index contributed by atoms with van der Waals surface area (Å²) in [6.45, 7) is 9.12. The number of rotatable bonds is 15. The number of thiophene rings is 2. The van der Waals surface area contributed by atoms with Crippen LogP contribution in [0.2, 0.25) is 0 Å². The number of unbranched alkanes of at least 4 members (excludes halogenated alkanes) is 6. The van der Waals surface area contributed by atoms with Crippen molar-refractivity contribution >= 4 is 55.3 Å². The molecule has 0 unspecified atom stereocenters. The van der Waals surface area contributed by atoms with Crippen LogP contribution in [-0.2, 0) is 5.41 Å². The number of aromatic nitrogens is 2. The third-order valence-corrected chi connectivity index (χ3v) is 16.7. The average Bonchev–Trinajstić information content (AvgIpc) is 4.10. The van der Waals surface area contributed by atoms with Gasteiger partial charge in [0.1, 0.15) is 0 Å². The van der Waals surface area contributed by atoms with E-state index >= 15 is 0 Å². The number of hydrogen-bond donors (Lipinski definition) is 0. The molecule has 7 aromatic carbocycles. The maximum Gasteiger partial charge on any atom is 0.0988 e. The highest BCUT2D eigenvalue weighted by molar-refractivity contribution is 7.19.